The molecule has 110 valence electrons. The molecule has 0 amide bonds. The average molecular weight is 417 g/mol. The minimum absolute atomic E-state index is 0.145. The second-order valence-electron chi connectivity index (χ2n) is 4.05. The number of carboxylic acids is 1. The molecular weight excluding hydrogens is 406 g/mol. The van der Waals surface area contributed by atoms with E-state index < -0.39 is 5.97 Å². The Morgan fingerprint density at radius 1 is 1.24 bits per heavy atom. The van der Waals surface area contributed by atoms with Crippen molar-refractivity contribution < 1.29 is 19.4 Å². The highest BCUT2D eigenvalue weighted by Crippen LogP contribution is 2.36. The van der Waals surface area contributed by atoms with Crippen molar-refractivity contribution in [3.8, 4) is 11.5 Å². The summed E-state index contributed by atoms with van der Waals surface area (Å²) in [6.45, 7) is 0.233. The number of hydrogen-bond donors (Lipinski definition) is 1. The number of halogens is 2. The number of pyridine rings is 1. The van der Waals surface area contributed by atoms with Gasteiger partial charge < -0.3 is 14.6 Å². The largest absolute Gasteiger partial charge is 0.496 e. The van der Waals surface area contributed by atoms with Crippen LogP contribution in [0.2, 0.25) is 0 Å². The molecule has 0 bridgehead atoms. The Morgan fingerprint density at radius 3 is 2.48 bits per heavy atom. The standard InChI is InChI=1S/C14H11Br2NO4/c1-20-12-4-11(16)13(5-10(12)15)21-7-9-3-2-8(6-17-9)14(18)19/h2-6H,7H2,1H3,(H,18,19). The Bertz CT molecular complexity index is 659. The normalized spacial score (nSPS) is 10.2. The lowest BCUT2D eigenvalue weighted by atomic mass is 10.2. The zero-order valence-electron chi connectivity index (χ0n) is 11.0. The van der Waals surface area contributed by atoms with Gasteiger partial charge in [-0.3, -0.25) is 4.98 Å². The van der Waals surface area contributed by atoms with Crippen LogP contribution in [0.15, 0.2) is 39.4 Å². The first kappa shape index (κ1) is 15.8. The summed E-state index contributed by atoms with van der Waals surface area (Å²) in [5, 5.41) is 8.81. The second kappa shape index (κ2) is 6.91. The van der Waals surface area contributed by atoms with Crippen LogP contribution in [0.3, 0.4) is 0 Å². The maximum absolute atomic E-state index is 10.7. The SMILES string of the molecule is COc1cc(Br)c(OCc2ccc(C(=O)O)cn2)cc1Br. The third-order valence-electron chi connectivity index (χ3n) is 2.65. The molecular formula is C14H11Br2NO4. The number of benzene rings is 1. The van der Waals surface area contributed by atoms with Gasteiger partial charge in [0, 0.05) is 6.20 Å². The highest BCUT2D eigenvalue weighted by atomic mass is 79.9. The highest BCUT2D eigenvalue weighted by molar-refractivity contribution is 9.11. The molecule has 0 spiro atoms. The summed E-state index contributed by atoms with van der Waals surface area (Å²) in [5.41, 5.74) is 0.783. The average Bonchev–Trinajstić information content (AvgIpc) is 2.48. The van der Waals surface area contributed by atoms with E-state index in [2.05, 4.69) is 36.8 Å². The Morgan fingerprint density at radius 2 is 1.90 bits per heavy atom. The Hall–Kier alpha value is -1.60. The lowest BCUT2D eigenvalue weighted by molar-refractivity contribution is 0.0696. The van der Waals surface area contributed by atoms with E-state index in [0.29, 0.717) is 17.2 Å². The van der Waals surface area contributed by atoms with Crippen molar-refractivity contribution in [1.82, 2.24) is 4.98 Å². The van der Waals surface area contributed by atoms with Gasteiger partial charge in [0.15, 0.2) is 0 Å². The van der Waals surface area contributed by atoms with Crippen molar-refractivity contribution in [2.45, 2.75) is 6.61 Å². The van der Waals surface area contributed by atoms with E-state index in [9.17, 15) is 4.79 Å². The molecule has 7 heteroatoms. The van der Waals surface area contributed by atoms with Crippen LogP contribution in [0.1, 0.15) is 16.1 Å². The van der Waals surface area contributed by atoms with Gasteiger partial charge in [-0.05, 0) is 56.1 Å². The summed E-state index contributed by atoms with van der Waals surface area (Å²) in [4.78, 5) is 14.8. The van der Waals surface area contributed by atoms with E-state index in [1.165, 1.54) is 12.3 Å². The topological polar surface area (TPSA) is 68.7 Å². The van der Waals surface area contributed by atoms with Crippen LogP contribution in [0.5, 0.6) is 11.5 Å². The fourth-order valence-corrected chi connectivity index (χ4v) is 2.49. The number of hydrogen-bond acceptors (Lipinski definition) is 4. The fraction of sp³-hybridized carbons (Fsp3) is 0.143. The number of carbonyl (C=O) groups is 1. The van der Waals surface area contributed by atoms with E-state index in [4.69, 9.17) is 14.6 Å². The zero-order chi connectivity index (χ0) is 15.4. The predicted molar refractivity (Wildman–Crippen MR) is 83.9 cm³/mol. The molecule has 21 heavy (non-hydrogen) atoms. The summed E-state index contributed by atoms with van der Waals surface area (Å²) >= 11 is 6.79. The molecule has 1 aromatic carbocycles. The van der Waals surface area contributed by atoms with Crippen LogP contribution in [0, 0.1) is 0 Å². The number of nitrogens with zero attached hydrogens (tertiary/aromatic N) is 1. The number of carboxylic acid groups (broad SMARTS) is 1. The molecule has 5 nitrogen and oxygen atoms in total. The van der Waals surface area contributed by atoms with Crippen molar-refractivity contribution in [2.75, 3.05) is 7.11 Å². The predicted octanol–water partition coefficient (Wildman–Crippen LogP) is 3.89. The quantitative estimate of drug-likeness (QED) is 0.800. The van der Waals surface area contributed by atoms with Crippen LogP contribution in [-0.2, 0) is 6.61 Å². The van der Waals surface area contributed by atoms with Crippen molar-refractivity contribution in [3.63, 3.8) is 0 Å². The summed E-state index contributed by atoms with van der Waals surface area (Å²) < 4.78 is 12.4. The van der Waals surface area contributed by atoms with Crippen LogP contribution < -0.4 is 9.47 Å². The van der Waals surface area contributed by atoms with E-state index in [-0.39, 0.29) is 12.2 Å². The first-order chi connectivity index (χ1) is 10.0. The molecule has 2 rings (SSSR count). The Labute approximate surface area is 138 Å². The molecule has 0 saturated heterocycles. The van der Waals surface area contributed by atoms with Crippen LogP contribution in [0.4, 0.5) is 0 Å². The molecule has 1 aromatic heterocycles. The maximum Gasteiger partial charge on any atom is 0.337 e. The molecule has 0 fully saturated rings. The lowest BCUT2D eigenvalue weighted by Crippen LogP contribution is -2.02. The van der Waals surface area contributed by atoms with Gasteiger partial charge in [0.05, 0.1) is 27.3 Å². The monoisotopic (exact) mass is 415 g/mol. The third-order valence-corrected chi connectivity index (χ3v) is 3.89. The molecule has 0 unspecified atom stereocenters. The number of ether oxygens (including phenoxy) is 2. The molecule has 2 aromatic rings. The van der Waals surface area contributed by atoms with E-state index >= 15 is 0 Å². The molecule has 0 saturated carbocycles. The van der Waals surface area contributed by atoms with Crippen LogP contribution >= 0.6 is 31.9 Å². The van der Waals surface area contributed by atoms with Crippen molar-refractivity contribution in [1.29, 1.82) is 0 Å². The van der Waals surface area contributed by atoms with Crippen molar-refractivity contribution in [2.24, 2.45) is 0 Å². The summed E-state index contributed by atoms with van der Waals surface area (Å²) in [5.74, 6) is 0.321. The van der Waals surface area contributed by atoms with E-state index in [0.717, 1.165) is 8.95 Å². The lowest BCUT2D eigenvalue weighted by Gasteiger charge is -2.11. The van der Waals surface area contributed by atoms with Gasteiger partial charge in [0.2, 0.25) is 0 Å². The first-order valence-electron chi connectivity index (χ1n) is 5.85. The van der Waals surface area contributed by atoms with Gasteiger partial charge in [-0.2, -0.15) is 0 Å². The Kier molecular flexibility index (Phi) is 5.19. The minimum Gasteiger partial charge on any atom is -0.496 e. The fourth-order valence-electron chi connectivity index (χ4n) is 1.57. The smallest absolute Gasteiger partial charge is 0.337 e. The van der Waals surface area contributed by atoms with Gasteiger partial charge in [-0.15, -0.1) is 0 Å². The van der Waals surface area contributed by atoms with Crippen LogP contribution in [-0.4, -0.2) is 23.2 Å². The zero-order valence-corrected chi connectivity index (χ0v) is 14.1. The third kappa shape index (κ3) is 3.95. The van der Waals surface area contributed by atoms with Crippen molar-refractivity contribution in [3.05, 3.63) is 50.7 Å². The van der Waals surface area contributed by atoms with Crippen LogP contribution in [0.25, 0.3) is 0 Å². The summed E-state index contributed by atoms with van der Waals surface area (Å²) in [6, 6.07) is 6.69. The number of methoxy groups -OCH3 is 1. The molecule has 0 aliphatic rings. The minimum atomic E-state index is -1.00. The van der Waals surface area contributed by atoms with E-state index in [1.54, 1.807) is 25.3 Å². The van der Waals surface area contributed by atoms with E-state index in [1.807, 2.05) is 0 Å². The Balaban J connectivity index is 2.09. The summed E-state index contributed by atoms with van der Waals surface area (Å²) in [6.07, 6.45) is 1.31. The maximum atomic E-state index is 10.7. The number of aromatic carboxylic acids is 1. The number of rotatable bonds is 5. The van der Waals surface area contributed by atoms with Gasteiger partial charge in [-0.25, -0.2) is 4.79 Å². The van der Waals surface area contributed by atoms with Gasteiger partial charge >= 0.3 is 5.97 Å². The molecule has 1 N–H and O–H groups in total. The molecule has 1 heterocycles. The highest BCUT2D eigenvalue weighted by Gasteiger charge is 2.09. The summed E-state index contributed by atoms with van der Waals surface area (Å²) in [7, 11) is 1.58. The number of aromatic nitrogens is 1. The first-order valence-corrected chi connectivity index (χ1v) is 7.44. The second-order valence-corrected chi connectivity index (χ2v) is 5.76. The van der Waals surface area contributed by atoms with Gasteiger partial charge in [0.25, 0.3) is 0 Å². The van der Waals surface area contributed by atoms with Gasteiger partial charge in [-0.1, -0.05) is 0 Å². The molecule has 0 radical (unpaired) electrons. The molecule has 0 aliphatic carbocycles. The molecule has 0 aliphatic heterocycles. The molecule has 0 atom stereocenters. The van der Waals surface area contributed by atoms with Gasteiger partial charge in [0.1, 0.15) is 18.1 Å². The van der Waals surface area contributed by atoms with Crippen molar-refractivity contribution >= 4 is 37.8 Å².